The van der Waals surface area contributed by atoms with E-state index in [2.05, 4.69) is 11.8 Å². The molecule has 2 nitrogen and oxygen atoms in total. The van der Waals surface area contributed by atoms with Crippen molar-refractivity contribution in [2.75, 3.05) is 19.6 Å². The molecule has 0 aliphatic carbocycles. The van der Waals surface area contributed by atoms with E-state index in [9.17, 15) is 13.9 Å². The Morgan fingerprint density at radius 1 is 1.30 bits per heavy atom. The van der Waals surface area contributed by atoms with Crippen LogP contribution in [0.4, 0.5) is 8.78 Å². The Balaban J connectivity index is 1.88. The molecule has 1 N–H and O–H groups in total. The lowest BCUT2D eigenvalue weighted by Gasteiger charge is -2.22. The van der Waals surface area contributed by atoms with Crippen molar-refractivity contribution in [3.05, 3.63) is 35.4 Å². The van der Waals surface area contributed by atoms with Crippen LogP contribution in [-0.2, 0) is 0 Å². The summed E-state index contributed by atoms with van der Waals surface area (Å²) < 4.78 is 26.7. The van der Waals surface area contributed by atoms with Crippen LogP contribution < -0.4 is 0 Å². The van der Waals surface area contributed by atoms with E-state index in [-0.39, 0.29) is 5.56 Å². The molecule has 20 heavy (non-hydrogen) atoms. The first-order valence-corrected chi connectivity index (χ1v) is 7.42. The van der Waals surface area contributed by atoms with Gasteiger partial charge in [-0.3, -0.25) is 0 Å². The normalized spacial score (nSPS) is 22.5. The minimum atomic E-state index is -0.939. The van der Waals surface area contributed by atoms with E-state index in [1.54, 1.807) is 0 Å². The summed E-state index contributed by atoms with van der Waals surface area (Å²) in [6.45, 7) is 5.05. The Labute approximate surface area is 119 Å². The fraction of sp³-hybridized carbons (Fsp3) is 0.625. The second kappa shape index (κ2) is 7.14. The maximum absolute atomic E-state index is 13.6. The van der Waals surface area contributed by atoms with Gasteiger partial charge < -0.3 is 10.0 Å². The number of nitrogens with zero attached hydrogens (tertiary/aromatic N) is 1. The number of aliphatic hydroxyl groups is 1. The molecule has 4 heteroatoms. The summed E-state index contributed by atoms with van der Waals surface area (Å²) in [7, 11) is 0. The fourth-order valence-electron chi connectivity index (χ4n) is 2.78. The average Bonchev–Trinajstić information content (AvgIpc) is 2.64. The summed E-state index contributed by atoms with van der Waals surface area (Å²) in [5.41, 5.74) is 0.0631. The molecule has 2 rings (SSSR count). The molecular weight excluding hydrogens is 260 g/mol. The summed E-state index contributed by atoms with van der Waals surface area (Å²) >= 11 is 0. The predicted octanol–water partition coefficient (Wildman–Crippen LogP) is 3.51. The summed E-state index contributed by atoms with van der Waals surface area (Å²) in [6.07, 6.45) is 3.09. The largest absolute Gasteiger partial charge is 0.388 e. The SMILES string of the molecule is CC1CCCN(CCC(O)c2cccc(F)c2F)CC1. The molecule has 2 unspecified atom stereocenters. The highest BCUT2D eigenvalue weighted by atomic mass is 19.2. The lowest BCUT2D eigenvalue weighted by atomic mass is 10.0. The molecule has 2 atom stereocenters. The van der Waals surface area contributed by atoms with E-state index in [4.69, 9.17) is 0 Å². The zero-order valence-corrected chi connectivity index (χ0v) is 12.0. The molecule has 0 bridgehead atoms. The third-order valence-corrected chi connectivity index (χ3v) is 4.17. The quantitative estimate of drug-likeness (QED) is 0.914. The van der Waals surface area contributed by atoms with E-state index in [0.29, 0.717) is 6.42 Å². The molecule has 112 valence electrons. The summed E-state index contributed by atoms with van der Waals surface area (Å²) in [4.78, 5) is 2.31. The monoisotopic (exact) mass is 283 g/mol. The van der Waals surface area contributed by atoms with Gasteiger partial charge in [0.1, 0.15) is 0 Å². The first-order chi connectivity index (χ1) is 9.58. The third kappa shape index (κ3) is 4.00. The van der Waals surface area contributed by atoms with Crippen molar-refractivity contribution in [1.82, 2.24) is 4.90 Å². The van der Waals surface area contributed by atoms with E-state index in [1.807, 2.05) is 0 Å². The molecule has 1 aromatic rings. The van der Waals surface area contributed by atoms with Gasteiger partial charge in [0.2, 0.25) is 0 Å². The number of aliphatic hydroxyl groups excluding tert-OH is 1. The van der Waals surface area contributed by atoms with Crippen molar-refractivity contribution in [2.24, 2.45) is 5.92 Å². The molecule has 0 saturated carbocycles. The van der Waals surface area contributed by atoms with Crippen LogP contribution in [0.25, 0.3) is 0 Å². The van der Waals surface area contributed by atoms with Crippen LogP contribution >= 0.6 is 0 Å². The summed E-state index contributed by atoms with van der Waals surface area (Å²) in [6, 6.07) is 3.96. The van der Waals surface area contributed by atoms with Crippen molar-refractivity contribution in [3.8, 4) is 0 Å². The summed E-state index contributed by atoms with van der Waals surface area (Å²) in [5.74, 6) is -1.07. The van der Waals surface area contributed by atoms with Crippen LogP contribution in [-0.4, -0.2) is 29.6 Å². The number of likely N-dealkylation sites (tertiary alicyclic amines) is 1. The number of halogens is 2. The Hall–Kier alpha value is -1.00. The van der Waals surface area contributed by atoms with Gasteiger partial charge in [-0.15, -0.1) is 0 Å². The molecule has 0 amide bonds. The Morgan fingerprint density at radius 2 is 2.10 bits per heavy atom. The highest BCUT2D eigenvalue weighted by molar-refractivity contribution is 5.21. The van der Waals surface area contributed by atoms with Gasteiger partial charge in [0.05, 0.1) is 6.10 Å². The van der Waals surface area contributed by atoms with Crippen LogP contribution in [0.1, 0.15) is 44.3 Å². The highest BCUT2D eigenvalue weighted by Crippen LogP contribution is 2.23. The lowest BCUT2D eigenvalue weighted by Crippen LogP contribution is -2.27. The zero-order valence-electron chi connectivity index (χ0n) is 12.0. The predicted molar refractivity (Wildman–Crippen MR) is 75.4 cm³/mol. The molecule has 0 aromatic heterocycles. The van der Waals surface area contributed by atoms with Crippen molar-refractivity contribution >= 4 is 0 Å². The molecule has 0 radical (unpaired) electrons. The fourth-order valence-corrected chi connectivity index (χ4v) is 2.78. The zero-order chi connectivity index (χ0) is 14.5. The standard InChI is InChI=1S/C16H23F2NO/c1-12-4-3-9-19(10-7-12)11-8-15(20)13-5-2-6-14(17)16(13)18/h2,5-6,12,15,20H,3-4,7-11H2,1H3. The third-order valence-electron chi connectivity index (χ3n) is 4.17. The van der Waals surface area contributed by atoms with Crippen LogP contribution in [0.15, 0.2) is 18.2 Å². The molecule has 0 spiro atoms. The topological polar surface area (TPSA) is 23.5 Å². The van der Waals surface area contributed by atoms with Gasteiger partial charge in [-0.05, 0) is 50.8 Å². The van der Waals surface area contributed by atoms with Crippen LogP contribution in [0, 0.1) is 17.6 Å². The van der Waals surface area contributed by atoms with Crippen LogP contribution in [0.5, 0.6) is 0 Å². The number of hydrogen-bond donors (Lipinski definition) is 1. The van der Waals surface area contributed by atoms with Crippen molar-refractivity contribution in [1.29, 1.82) is 0 Å². The van der Waals surface area contributed by atoms with E-state index in [1.165, 1.54) is 31.4 Å². The van der Waals surface area contributed by atoms with Gasteiger partial charge in [-0.25, -0.2) is 8.78 Å². The van der Waals surface area contributed by atoms with Gasteiger partial charge in [0.25, 0.3) is 0 Å². The van der Waals surface area contributed by atoms with Crippen molar-refractivity contribution in [2.45, 2.75) is 38.7 Å². The first kappa shape index (κ1) is 15.4. The second-order valence-electron chi connectivity index (χ2n) is 5.83. The summed E-state index contributed by atoms with van der Waals surface area (Å²) in [5, 5.41) is 10.0. The second-order valence-corrected chi connectivity index (χ2v) is 5.83. The van der Waals surface area contributed by atoms with E-state index < -0.39 is 17.7 Å². The first-order valence-electron chi connectivity index (χ1n) is 7.42. The van der Waals surface area contributed by atoms with Gasteiger partial charge in [-0.1, -0.05) is 19.1 Å². The lowest BCUT2D eigenvalue weighted by molar-refractivity contribution is 0.138. The molecule has 1 aliphatic rings. The van der Waals surface area contributed by atoms with Gasteiger partial charge >= 0.3 is 0 Å². The minimum Gasteiger partial charge on any atom is -0.388 e. The van der Waals surface area contributed by atoms with Gasteiger partial charge in [0.15, 0.2) is 11.6 Å². The Bertz CT molecular complexity index is 438. The van der Waals surface area contributed by atoms with Gasteiger partial charge in [-0.2, -0.15) is 0 Å². The van der Waals surface area contributed by atoms with Crippen LogP contribution in [0.3, 0.4) is 0 Å². The molecule has 1 saturated heterocycles. The Kier molecular flexibility index (Phi) is 5.49. The van der Waals surface area contributed by atoms with Crippen molar-refractivity contribution in [3.63, 3.8) is 0 Å². The van der Waals surface area contributed by atoms with Crippen molar-refractivity contribution < 1.29 is 13.9 Å². The van der Waals surface area contributed by atoms with E-state index in [0.717, 1.165) is 31.6 Å². The Morgan fingerprint density at radius 3 is 2.90 bits per heavy atom. The van der Waals surface area contributed by atoms with E-state index >= 15 is 0 Å². The van der Waals surface area contributed by atoms with Gasteiger partial charge in [0, 0.05) is 12.1 Å². The molecular formula is C16H23F2NO. The highest BCUT2D eigenvalue weighted by Gasteiger charge is 2.18. The van der Waals surface area contributed by atoms with Crippen LogP contribution in [0.2, 0.25) is 0 Å². The smallest absolute Gasteiger partial charge is 0.164 e. The molecule has 1 aromatic carbocycles. The maximum Gasteiger partial charge on any atom is 0.164 e. The molecule has 1 heterocycles. The number of benzene rings is 1. The minimum absolute atomic E-state index is 0.0631. The number of rotatable bonds is 4. The maximum atomic E-state index is 13.6. The average molecular weight is 283 g/mol. The molecule has 1 fully saturated rings. The number of hydrogen-bond acceptors (Lipinski definition) is 2. The molecule has 1 aliphatic heterocycles.